The van der Waals surface area contributed by atoms with Gasteiger partial charge in [0.1, 0.15) is 6.04 Å². The first-order valence-electron chi connectivity index (χ1n) is 10.4. The Bertz CT molecular complexity index is 1360. The van der Waals surface area contributed by atoms with E-state index < -0.39 is 29.1 Å². The molecule has 5 nitrogen and oxygen atoms in total. The molecule has 33 heavy (non-hydrogen) atoms. The quantitative estimate of drug-likeness (QED) is 0.414. The third kappa shape index (κ3) is 3.89. The molecule has 0 spiro atoms. The van der Waals surface area contributed by atoms with E-state index in [4.69, 9.17) is 0 Å². The van der Waals surface area contributed by atoms with E-state index in [-0.39, 0.29) is 5.78 Å². The molecule has 2 heterocycles. The number of halogens is 2. The molecule has 1 atom stereocenters. The van der Waals surface area contributed by atoms with Gasteiger partial charge in [-0.1, -0.05) is 24.3 Å². The summed E-state index contributed by atoms with van der Waals surface area (Å²) in [6.45, 7) is 0.664. The number of carbonyl (C=O) groups is 2. The fourth-order valence-electron chi connectivity index (χ4n) is 4.01. The van der Waals surface area contributed by atoms with Crippen LogP contribution in [0.1, 0.15) is 38.0 Å². The summed E-state index contributed by atoms with van der Waals surface area (Å²) in [5.41, 5.74) is 3.28. The molecule has 0 bridgehead atoms. The van der Waals surface area contributed by atoms with Crippen molar-refractivity contribution in [2.75, 3.05) is 10.6 Å². The molecule has 1 aliphatic rings. The standard InChI is InChI=1S/C26H19F2N3O2/c27-20-7-3-6-19(23(20)28)26(33)29-18-12-10-16(11-13-18)25(32)24-22-9-4-14-31(22)15-17-5-1-2-8-21(17)30-24/h1-14,24,30H,15H2,(H,29,33). The number of carbonyl (C=O) groups excluding carboxylic acids is 2. The third-order valence-electron chi connectivity index (χ3n) is 5.70. The van der Waals surface area contributed by atoms with Crippen molar-refractivity contribution in [2.24, 2.45) is 0 Å². The van der Waals surface area contributed by atoms with Crippen molar-refractivity contribution in [3.63, 3.8) is 0 Å². The van der Waals surface area contributed by atoms with Crippen molar-refractivity contribution in [3.8, 4) is 0 Å². The van der Waals surface area contributed by atoms with Crippen LogP contribution in [0.5, 0.6) is 0 Å². The van der Waals surface area contributed by atoms with Gasteiger partial charge in [0, 0.05) is 35.4 Å². The number of amides is 1. The second-order valence-electron chi connectivity index (χ2n) is 7.79. The number of hydrogen-bond donors (Lipinski definition) is 2. The minimum Gasteiger partial charge on any atom is -0.370 e. The van der Waals surface area contributed by atoms with Crippen LogP contribution >= 0.6 is 0 Å². The topological polar surface area (TPSA) is 63.1 Å². The second kappa shape index (κ2) is 8.35. The molecule has 0 radical (unpaired) electrons. The summed E-state index contributed by atoms with van der Waals surface area (Å²) in [4.78, 5) is 25.7. The molecule has 1 aromatic heterocycles. The zero-order chi connectivity index (χ0) is 22.9. The van der Waals surface area contributed by atoms with E-state index in [2.05, 4.69) is 10.6 Å². The van der Waals surface area contributed by atoms with Gasteiger partial charge in [0.2, 0.25) is 0 Å². The Morgan fingerprint density at radius 1 is 0.909 bits per heavy atom. The minimum atomic E-state index is -1.20. The van der Waals surface area contributed by atoms with Gasteiger partial charge in [0.25, 0.3) is 5.91 Å². The average Bonchev–Trinajstić information content (AvgIpc) is 3.21. The van der Waals surface area contributed by atoms with Crippen molar-refractivity contribution in [1.82, 2.24) is 4.57 Å². The summed E-state index contributed by atoms with van der Waals surface area (Å²) < 4.78 is 29.3. The smallest absolute Gasteiger partial charge is 0.258 e. The number of benzene rings is 3. The first kappa shape index (κ1) is 20.6. The van der Waals surface area contributed by atoms with Gasteiger partial charge in [-0.2, -0.15) is 0 Å². The molecule has 1 unspecified atom stereocenters. The molecule has 3 aromatic carbocycles. The highest BCUT2D eigenvalue weighted by atomic mass is 19.2. The van der Waals surface area contributed by atoms with Crippen molar-refractivity contribution in [2.45, 2.75) is 12.6 Å². The van der Waals surface area contributed by atoms with Gasteiger partial charge in [-0.15, -0.1) is 0 Å². The number of nitrogens with zero attached hydrogens (tertiary/aromatic N) is 1. The van der Waals surface area contributed by atoms with Gasteiger partial charge in [-0.25, -0.2) is 8.78 Å². The molecule has 0 fully saturated rings. The Morgan fingerprint density at radius 3 is 2.52 bits per heavy atom. The van der Waals surface area contributed by atoms with Crippen LogP contribution in [0.15, 0.2) is 85.1 Å². The Hall–Kier alpha value is -4.26. The lowest BCUT2D eigenvalue weighted by molar-refractivity contribution is 0.0966. The van der Waals surface area contributed by atoms with E-state index in [0.29, 0.717) is 17.8 Å². The van der Waals surface area contributed by atoms with E-state index in [1.165, 1.54) is 12.1 Å². The highest BCUT2D eigenvalue weighted by Gasteiger charge is 2.28. The number of nitrogens with one attached hydrogen (secondary N) is 2. The number of anilines is 2. The maximum Gasteiger partial charge on any atom is 0.258 e. The SMILES string of the molecule is O=C(Nc1ccc(C(=O)C2Nc3ccccc3Cn3cccc32)cc1)c1cccc(F)c1F. The van der Waals surface area contributed by atoms with Gasteiger partial charge in [0.15, 0.2) is 17.4 Å². The summed E-state index contributed by atoms with van der Waals surface area (Å²) in [5, 5.41) is 5.89. The van der Waals surface area contributed by atoms with E-state index in [0.717, 1.165) is 23.0 Å². The fraction of sp³-hybridized carbons (Fsp3) is 0.0769. The zero-order valence-electron chi connectivity index (χ0n) is 17.4. The molecule has 4 aromatic rings. The number of ketones is 1. The molecule has 0 aliphatic carbocycles. The van der Waals surface area contributed by atoms with Crippen molar-refractivity contribution in [1.29, 1.82) is 0 Å². The number of aromatic nitrogens is 1. The van der Waals surface area contributed by atoms with E-state index >= 15 is 0 Å². The van der Waals surface area contributed by atoms with Crippen LogP contribution < -0.4 is 10.6 Å². The maximum absolute atomic E-state index is 13.9. The van der Waals surface area contributed by atoms with E-state index in [1.807, 2.05) is 47.2 Å². The van der Waals surface area contributed by atoms with E-state index in [9.17, 15) is 18.4 Å². The summed E-state index contributed by atoms with van der Waals surface area (Å²) in [5.74, 6) is -3.19. The summed E-state index contributed by atoms with van der Waals surface area (Å²) in [6, 6.07) is 20.9. The highest BCUT2D eigenvalue weighted by molar-refractivity contribution is 6.05. The molecule has 1 amide bonds. The van der Waals surface area contributed by atoms with Gasteiger partial charge in [0.05, 0.1) is 5.56 Å². The minimum absolute atomic E-state index is 0.124. The van der Waals surface area contributed by atoms with Crippen molar-refractivity contribution in [3.05, 3.63) is 119 Å². The Labute approximate surface area is 188 Å². The zero-order valence-corrected chi connectivity index (χ0v) is 17.4. The van der Waals surface area contributed by atoms with Gasteiger partial charge < -0.3 is 15.2 Å². The largest absolute Gasteiger partial charge is 0.370 e. The average molecular weight is 443 g/mol. The Kier molecular flexibility index (Phi) is 5.22. The van der Waals surface area contributed by atoms with E-state index in [1.54, 1.807) is 24.3 Å². The van der Waals surface area contributed by atoms with Crippen LogP contribution in [0.4, 0.5) is 20.2 Å². The molecule has 0 saturated carbocycles. The van der Waals surface area contributed by atoms with Crippen LogP contribution in [0.3, 0.4) is 0 Å². The second-order valence-corrected chi connectivity index (χ2v) is 7.79. The lowest BCUT2D eigenvalue weighted by atomic mass is 10.0. The normalized spacial score (nSPS) is 14.4. The summed E-state index contributed by atoms with van der Waals surface area (Å²) in [6.07, 6.45) is 1.95. The maximum atomic E-state index is 13.9. The van der Waals surface area contributed by atoms with Crippen molar-refractivity contribution < 1.29 is 18.4 Å². The van der Waals surface area contributed by atoms with Crippen LogP contribution in [0, 0.1) is 11.6 Å². The molecule has 1 aliphatic heterocycles. The van der Waals surface area contributed by atoms with Crippen LogP contribution in [0.2, 0.25) is 0 Å². The molecule has 0 saturated heterocycles. The molecule has 5 rings (SSSR count). The fourth-order valence-corrected chi connectivity index (χ4v) is 4.01. The van der Waals surface area contributed by atoms with Gasteiger partial charge in [-0.05, 0) is 60.2 Å². The first-order valence-corrected chi connectivity index (χ1v) is 10.4. The summed E-state index contributed by atoms with van der Waals surface area (Å²) >= 11 is 0. The monoisotopic (exact) mass is 443 g/mol. The molecular weight excluding hydrogens is 424 g/mol. The molecular formula is C26H19F2N3O2. The van der Waals surface area contributed by atoms with Crippen LogP contribution in [-0.2, 0) is 6.54 Å². The predicted molar refractivity (Wildman–Crippen MR) is 121 cm³/mol. The number of hydrogen-bond acceptors (Lipinski definition) is 3. The first-order chi connectivity index (χ1) is 16.0. The number of rotatable bonds is 4. The predicted octanol–water partition coefficient (Wildman–Crippen LogP) is 5.42. The molecule has 164 valence electrons. The van der Waals surface area contributed by atoms with Crippen LogP contribution in [-0.4, -0.2) is 16.3 Å². The Morgan fingerprint density at radius 2 is 1.70 bits per heavy atom. The summed E-state index contributed by atoms with van der Waals surface area (Å²) in [7, 11) is 0. The molecule has 2 N–H and O–H groups in total. The molecule has 7 heteroatoms. The Balaban J connectivity index is 1.38. The van der Waals surface area contributed by atoms with Crippen molar-refractivity contribution >= 4 is 23.1 Å². The third-order valence-corrected chi connectivity index (χ3v) is 5.70. The highest BCUT2D eigenvalue weighted by Crippen LogP contribution is 2.31. The van der Waals surface area contributed by atoms with Gasteiger partial charge in [-0.3, -0.25) is 9.59 Å². The number of para-hydroxylation sites is 1. The number of fused-ring (bicyclic) bond motifs is 2. The van der Waals surface area contributed by atoms with Gasteiger partial charge >= 0.3 is 0 Å². The van der Waals surface area contributed by atoms with Crippen LogP contribution in [0.25, 0.3) is 0 Å². The lowest BCUT2D eigenvalue weighted by Gasteiger charge is -2.18. The lowest BCUT2D eigenvalue weighted by Crippen LogP contribution is -2.22. The number of Topliss-reactive ketones (excluding diaryl/α,β-unsaturated/α-hetero) is 1.